The normalized spacial score (nSPS) is 10.2. The fourth-order valence-electron chi connectivity index (χ4n) is 1.39. The van der Waals surface area contributed by atoms with E-state index in [1.165, 1.54) is 0 Å². The van der Waals surface area contributed by atoms with Gasteiger partial charge in [0.05, 0.1) is 25.5 Å². The molecule has 1 heterocycles. The van der Waals surface area contributed by atoms with E-state index in [0.29, 0.717) is 37.9 Å². The summed E-state index contributed by atoms with van der Waals surface area (Å²) >= 11 is 0. The average molecular weight is 265 g/mol. The van der Waals surface area contributed by atoms with Gasteiger partial charge in [-0.15, -0.1) is 5.10 Å². The molecule has 0 aliphatic rings. The minimum Gasteiger partial charge on any atom is -0.476 e. The molecule has 104 valence electrons. The number of hydrogen-bond donors (Lipinski definition) is 0. The number of nitriles is 1. The zero-order chi connectivity index (χ0) is 14.1. The van der Waals surface area contributed by atoms with Crippen LogP contribution in [0.25, 0.3) is 0 Å². The molecule has 0 aliphatic heterocycles. The molecule has 0 atom stereocenters. The molecule has 0 amide bonds. The van der Waals surface area contributed by atoms with Gasteiger partial charge in [-0.3, -0.25) is 0 Å². The number of aryl methyl sites for hydroxylation is 1. The van der Waals surface area contributed by atoms with E-state index in [9.17, 15) is 0 Å². The third kappa shape index (κ3) is 4.81. The predicted molar refractivity (Wildman–Crippen MR) is 69.0 cm³/mol. The zero-order valence-corrected chi connectivity index (χ0v) is 11.6. The number of nitrogens with zero attached hydrogens (tertiary/aromatic N) is 3. The highest BCUT2D eigenvalue weighted by molar-refractivity contribution is 5.44. The first kappa shape index (κ1) is 15.3. The molecule has 0 aliphatic carbocycles. The molecule has 0 saturated carbocycles. The summed E-state index contributed by atoms with van der Waals surface area (Å²) in [6.45, 7) is 5.84. The Morgan fingerprint density at radius 3 is 2.58 bits per heavy atom. The van der Waals surface area contributed by atoms with E-state index in [-0.39, 0.29) is 0 Å². The maximum absolute atomic E-state index is 9.09. The van der Waals surface area contributed by atoms with E-state index in [2.05, 4.69) is 16.3 Å². The second-order valence-corrected chi connectivity index (χ2v) is 4.01. The second kappa shape index (κ2) is 8.40. The van der Waals surface area contributed by atoms with E-state index in [4.69, 9.17) is 19.5 Å². The maximum atomic E-state index is 9.09. The molecule has 1 rings (SSSR count). The SMILES string of the molecule is COCCOCCCOc1nnc(C)c(C)c1C#N. The van der Waals surface area contributed by atoms with Crippen LogP contribution >= 0.6 is 0 Å². The molecule has 1 aromatic heterocycles. The van der Waals surface area contributed by atoms with Crippen molar-refractivity contribution < 1.29 is 14.2 Å². The Kier molecular flexibility index (Phi) is 6.79. The number of aromatic nitrogens is 2. The lowest BCUT2D eigenvalue weighted by Crippen LogP contribution is -2.09. The summed E-state index contributed by atoms with van der Waals surface area (Å²) in [5.41, 5.74) is 2.00. The third-order valence-electron chi connectivity index (χ3n) is 2.64. The summed E-state index contributed by atoms with van der Waals surface area (Å²) in [6, 6.07) is 2.10. The lowest BCUT2D eigenvalue weighted by Gasteiger charge is -2.09. The van der Waals surface area contributed by atoms with Crippen molar-refractivity contribution in [3.63, 3.8) is 0 Å². The third-order valence-corrected chi connectivity index (χ3v) is 2.64. The van der Waals surface area contributed by atoms with Crippen LogP contribution in [-0.2, 0) is 9.47 Å². The minimum absolute atomic E-state index is 0.294. The fourth-order valence-corrected chi connectivity index (χ4v) is 1.39. The van der Waals surface area contributed by atoms with Crippen LogP contribution in [0, 0.1) is 25.2 Å². The van der Waals surface area contributed by atoms with Crippen molar-refractivity contribution in [3.05, 3.63) is 16.8 Å². The molecule has 19 heavy (non-hydrogen) atoms. The Morgan fingerprint density at radius 2 is 1.89 bits per heavy atom. The summed E-state index contributed by atoms with van der Waals surface area (Å²) < 4.78 is 15.6. The van der Waals surface area contributed by atoms with Crippen LogP contribution in [0.2, 0.25) is 0 Å². The molecule has 0 aromatic carbocycles. The number of methoxy groups -OCH3 is 1. The van der Waals surface area contributed by atoms with Crippen molar-refractivity contribution in [2.45, 2.75) is 20.3 Å². The summed E-state index contributed by atoms with van der Waals surface area (Å²) in [5.74, 6) is 0.294. The van der Waals surface area contributed by atoms with Gasteiger partial charge in [0.1, 0.15) is 11.6 Å². The van der Waals surface area contributed by atoms with Crippen LogP contribution in [0.3, 0.4) is 0 Å². The molecule has 0 spiro atoms. The first-order valence-electron chi connectivity index (χ1n) is 6.14. The van der Waals surface area contributed by atoms with Gasteiger partial charge in [0.25, 0.3) is 5.88 Å². The van der Waals surface area contributed by atoms with Gasteiger partial charge in [-0.05, 0) is 19.4 Å². The Morgan fingerprint density at radius 1 is 1.11 bits per heavy atom. The van der Waals surface area contributed by atoms with Gasteiger partial charge in [-0.2, -0.15) is 10.4 Å². The van der Waals surface area contributed by atoms with Crippen molar-refractivity contribution in [3.8, 4) is 11.9 Å². The highest BCUT2D eigenvalue weighted by atomic mass is 16.5. The summed E-state index contributed by atoms with van der Waals surface area (Å²) in [7, 11) is 1.63. The highest BCUT2D eigenvalue weighted by Crippen LogP contribution is 2.19. The molecule has 0 saturated heterocycles. The van der Waals surface area contributed by atoms with Gasteiger partial charge >= 0.3 is 0 Å². The standard InChI is InChI=1S/C13H19N3O3/c1-10-11(2)15-16-13(12(10)9-14)19-6-4-5-18-8-7-17-3/h4-8H2,1-3H3. The van der Waals surface area contributed by atoms with Gasteiger partial charge in [-0.25, -0.2) is 0 Å². The number of ether oxygens (including phenoxy) is 3. The van der Waals surface area contributed by atoms with Crippen LogP contribution in [0.1, 0.15) is 23.2 Å². The molecule has 0 unspecified atom stereocenters. The van der Waals surface area contributed by atoms with E-state index in [1.807, 2.05) is 13.8 Å². The van der Waals surface area contributed by atoms with E-state index >= 15 is 0 Å². The minimum atomic E-state index is 0.294. The fraction of sp³-hybridized carbons (Fsp3) is 0.615. The summed E-state index contributed by atoms with van der Waals surface area (Å²) in [4.78, 5) is 0. The van der Waals surface area contributed by atoms with Crippen LogP contribution < -0.4 is 4.74 Å². The van der Waals surface area contributed by atoms with Crippen LogP contribution in [0.15, 0.2) is 0 Å². The predicted octanol–water partition coefficient (Wildman–Crippen LogP) is 1.40. The van der Waals surface area contributed by atoms with E-state index in [1.54, 1.807) is 7.11 Å². The lowest BCUT2D eigenvalue weighted by molar-refractivity contribution is 0.0641. The molecule has 1 aromatic rings. The molecular weight excluding hydrogens is 246 g/mol. The molecule has 0 bridgehead atoms. The monoisotopic (exact) mass is 265 g/mol. The molecule has 6 heteroatoms. The molecule has 6 nitrogen and oxygen atoms in total. The number of hydrogen-bond acceptors (Lipinski definition) is 6. The van der Waals surface area contributed by atoms with E-state index < -0.39 is 0 Å². The summed E-state index contributed by atoms with van der Waals surface area (Å²) in [6.07, 6.45) is 0.725. The first-order chi connectivity index (χ1) is 9.20. The Balaban J connectivity index is 2.38. The topological polar surface area (TPSA) is 77.3 Å². The molecule has 0 fully saturated rings. The van der Waals surface area contributed by atoms with Crippen molar-refractivity contribution >= 4 is 0 Å². The van der Waals surface area contributed by atoms with Gasteiger partial charge in [0.2, 0.25) is 0 Å². The van der Waals surface area contributed by atoms with Gasteiger partial charge in [-0.1, -0.05) is 0 Å². The Labute approximate surface area is 113 Å². The average Bonchev–Trinajstić information content (AvgIpc) is 2.42. The molecule has 0 radical (unpaired) electrons. The zero-order valence-electron chi connectivity index (χ0n) is 11.6. The van der Waals surface area contributed by atoms with Crippen LogP contribution in [0.5, 0.6) is 5.88 Å². The molecular formula is C13H19N3O3. The van der Waals surface area contributed by atoms with Crippen molar-refractivity contribution in [1.82, 2.24) is 10.2 Å². The van der Waals surface area contributed by atoms with Gasteiger partial charge < -0.3 is 14.2 Å². The van der Waals surface area contributed by atoms with Crippen molar-refractivity contribution in [1.29, 1.82) is 5.26 Å². The van der Waals surface area contributed by atoms with E-state index in [0.717, 1.165) is 17.7 Å². The Hall–Kier alpha value is -1.71. The smallest absolute Gasteiger partial charge is 0.251 e. The maximum Gasteiger partial charge on any atom is 0.251 e. The largest absolute Gasteiger partial charge is 0.476 e. The Bertz CT molecular complexity index is 443. The summed E-state index contributed by atoms with van der Waals surface area (Å²) in [5, 5.41) is 16.9. The van der Waals surface area contributed by atoms with Crippen molar-refractivity contribution in [2.75, 3.05) is 33.5 Å². The van der Waals surface area contributed by atoms with Gasteiger partial charge in [0, 0.05) is 20.1 Å². The molecule has 0 N–H and O–H groups in total. The van der Waals surface area contributed by atoms with Crippen LogP contribution in [0.4, 0.5) is 0 Å². The second-order valence-electron chi connectivity index (χ2n) is 4.01. The first-order valence-corrected chi connectivity index (χ1v) is 6.14. The van der Waals surface area contributed by atoms with Gasteiger partial charge in [0.15, 0.2) is 0 Å². The van der Waals surface area contributed by atoms with Crippen molar-refractivity contribution in [2.24, 2.45) is 0 Å². The lowest BCUT2D eigenvalue weighted by atomic mass is 10.1. The van der Waals surface area contributed by atoms with Crippen LogP contribution in [-0.4, -0.2) is 43.7 Å². The number of rotatable bonds is 8. The highest BCUT2D eigenvalue weighted by Gasteiger charge is 2.11. The quantitative estimate of drug-likeness (QED) is 0.661.